The number of pyridine rings is 1. The fraction of sp³-hybridized carbons (Fsp3) is 0. The van der Waals surface area contributed by atoms with Gasteiger partial charge in [0, 0.05) is 29.1 Å². The molecule has 0 atom stereocenters. The quantitative estimate of drug-likeness (QED) is 0.528. The van der Waals surface area contributed by atoms with Gasteiger partial charge in [-0.25, -0.2) is 0 Å². The first kappa shape index (κ1) is 13.9. The van der Waals surface area contributed by atoms with E-state index in [4.69, 9.17) is 0 Å². The van der Waals surface area contributed by atoms with Crippen LogP contribution < -0.4 is 0 Å². The summed E-state index contributed by atoms with van der Waals surface area (Å²) in [6.45, 7) is 0. The van der Waals surface area contributed by atoms with Crippen molar-refractivity contribution in [3.63, 3.8) is 0 Å². The van der Waals surface area contributed by atoms with Crippen LogP contribution >= 0.6 is 0 Å². The number of hydrogen-bond donors (Lipinski definition) is 0. The Morgan fingerprint density at radius 2 is 1.41 bits per heavy atom. The molecule has 3 nitrogen and oxygen atoms in total. The SMILES string of the molecule is C(=N\N=C(c1ccccc1)c1ccccc1)/c1cccnc1. The highest BCUT2D eigenvalue weighted by Crippen LogP contribution is 2.11. The molecule has 0 unspecified atom stereocenters. The molecule has 1 aromatic heterocycles. The summed E-state index contributed by atoms with van der Waals surface area (Å²) >= 11 is 0. The molecule has 3 aromatic rings. The van der Waals surface area contributed by atoms with Gasteiger partial charge in [0.15, 0.2) is 0 Å². The Morgan fingerprint density at radius 3 is 1.95 bits per heavy atom. The van der Waals surface area contributed by atoms with Gasteiger partial charge in [-0.05, 0) is 6.07 Å². The van der Waals surface area contributed by atoms with E-state index in [1.54, 1.807) is 18.6 Å². The van der Waals surface area contributed by atoms with Crippen molar-refractivity contribution < 1.29 is 0 Å². The van der Waals surface area contributed by atoms with E-state index in [9.17, 15) is 0 Å². The van der Waals surface area contributed by atoms with E-state index in [2.05, 4.69) is 15.2 Å². The van der Waals surface area contributed by atoms with Gasteiger partial charge in [-0.2, -0.15) is 5.10 Å². The Kier molecular flexibility index (Phi) is 4.47. The molecule has 1 heterocycles. The third-order valence-corrected chi connectivity index (χ3v) is 3.14. The summed E-state index contributed by atoms with van der Waals surface area (Å²) in [7, 11) is 0. The molecule has 0 fully saturated rings. The first-order valence-corrected chi connectivity index (χ1v) is 7.05. The summed E-state index contributed by atoms with van der Waals surface area (Å²) in [5.41, 5.74) is 3.85. The second kappa shape index (κ2) is 7.09. The maximum absolute atomic E-state index is 4.42. The fourth-order valence-electron chi connectivity index (χ4n) is 2.08. The van der Waals surface area contributed by atoms with Crippen molar-refractivity contribution in [2.75, 3.05) is 0 Å². The van der Waals surface area contributed by atoms with Gasteiger partial charge in [-0.15, -0.1) is 5.10 Å². The van der Waals surface area contributed by atoms with Gasteiger partial charge in [0.2, 0.25) is 0 Å². The van der Waals surface area contributed by atoms with E-state index in [1.807, 2.05) is 72.8 Å². The van der Waals surface area contributed by atoms with Gasteiger partial charge in [0.25, 0.3) is 0 Å². The van der Waals surface area contributed by atoms with Crippen LogP contribution in [0.15, 0.2) is 95.4 Å². The summed E-state index contributed by atoms with van der Waals surface area (Å²) in [4.78, 5) is 4.06. The maximum atomic E-state index is 4.42. The number of aromatic nitrogens is 1. The van der Waals surface area contributed by atoms with Gasteiger partial charge < -0.3 is 0 Å². The van der Waals surface area contributed by atoms with E-state index < -0.39 is 0 Å². The Morgan fingerprint density at radius 1 is 0.773 bits per heavy atom. The van der Waals surface area contributed by atoms with Gasteiger partial charge in [0.1, 0.15) is 5.71 Å². The highest BCUT2D eigenvalue weighted by atomic mass is 15.2. The molecule has 0 aliphatic carbocycles. The van der Waals surface area contributed by atoms with Gasteiger partial charge in [0.05, 0.1) is 6.21 Å². The third kappa shape index (κ3) is 3.52. The average Bonchev–Trinajstić information content (AvgIpc) is 2.61. The monoisotopic (exact) mass is 285 g/mol. The van der Waals surface area contributed by atoms with Crippen molar-refractivity contribution >= 4 is 11.9 Å². The van der Waals surface area contributed by atoms with Crippen molar-refractivity contribution in [2.24, 2.45) is 10.2 Å². The lowest BCUT2D eigenvalue weighted by Crippen LogP contribution is -2.02. The molecule has 0 aliphatic heterocycles. The van der Waals surface area contributed by atoms with Crippen LogP contribution in [-0.2, 0) is 0 Å². The van der Waals surface area contributed by atoms with Crippen LogP contribution in [0.2, 0.25) is 0 Å². The van der Waals surface area contributed by atoms with Crippen LogP contribution in [0.3, 0.4) is 0 Å². The number of nitrogens with zero attached hydrogens (tertiary/aromatic N) is 3. The molecule has 0 aliphatic rings. The molecular formula is C19H15N3. The van der Waals surface area contributed by atoms with Gasteiger partial charge in [-0.1, -0.05) is 66.7 Å². The topological polar surface area (TPSA) is 37.6 Å². The molecule has 22 heavy (non-hydrogen) atoms. The van der Waals surface area contributed by atoms with Gasteiger partial charge >= 0.3 is 0 Å². The van der Waals surface area contributed by atoms with E-state index in [1.165, 1.54) is 0 Å². The van der Waals surface area contributed by atoms with Crippen molar-refractivity contribution in [1.82, 2.24) is 4.98 Å². The summed E-state index contributed by atoms with van der Waals surface area (Å²) in [6, 6.07) is 23.9. The van der Waals surface area contributed by atoms with Crippen LogP contribution in [-0.4, -0.2) is 16.9 Å². The molecule has 0 saturated carbocycles. The largest absolute Gasteiger partial charge is 0.264 e. The summed E-state index contributed by atoms with van der Waals surface area (Å²) in [5.74, 6) is 0. The maximum Gasteiger partial charge on any atom is 0.100 e. The third-order valence-electron chi connectivity index (χ3n) is 3.14. The predicted molar refractivity (Wildman–Crippen MR) is 90.4 cm³/mol. The molecule has 0 radical (unpaired) electrons. The zero-order valence-corrected chi connectivity index (χ0v) is 12.0. The Labute approximate surface area is 129 Å². The first-order chi connectivity index (χ1) is 10.9. The zero-order valence-electron chi connectivity index (χ0n) is 12.0. The van der Waals surface area contributed by atoms with Crippen LogP contribution in [0.1, 0.15) is 16.7 Å². The van der Waals surface area contributed by atoms with Crippen LogP contribution in [0.4, 0.5) is 0 Å². The molecule has 0 N–H and O–H groups in total. The van der Waals surface area contributed by atoms with Crippen LogP contribution in [0, 0.1) is 0 Å². The molecule has 0 amide bonds. The smallest absolute Gasteiger partial charge is 0.100 e. The van der Waals surface area contributed by atoms with Crippen molar-refractivity contribution in [3.05, 3.63) is 102 Å². The molecule has 0 saturated heterocycles. The van der Waals surface area contributed by atoms with E-state index in [0.717, 1.165) is 22.4 Å². The fourth-order valence-corrected chi connectivity index (χ4v) is 2.08. The number of rotatable bonds is 4. The minimum atomic E-state index is 0.848. The van der Waals surface area contributed by atoms with Crippen molar-refractivity contribution in [3.8, 4) is 0 Å². The lowest BCUT2D eigenvalue weighted by atomic mass is 10.0. The highest BCUT2D eigenvalue weighted by Gasteiger charge is 2.05. The molecular weight excluding hydrogens is 270 g/mol. The van der Waals surface area contributed by atoms with Crippen molar-refractivity contribution in [1.29, 1.82) is 0 Å². The van der Waals surface area contributed by atoms with E-state index in [-0.39, 0.29) is 0 Å². The molecule has 106 valence electrons. The Balaban J connectivity index is 1.96. The second-order valence-corrected chi connectivity index (χ2v) is 4.71. The minimum Gasteiger partial charge on any atom is -0.264 e. The minimum absolute atomic E-state index is 0.848. The molecule has 2 aromatic carbocycles. The second-order valence-electron chi connectivity index (χ2n) is 4.71. The standard InChI is InChI=1S/C19H15N3/c1-3-9-17(10-4-1)19(18-11-5-2-6-12-18)22-21-15-16-8-7-13-20-14-16/h1-15H/b21-15+. The summed E-state index contributed by atoms with van der Waals surface area (Å²) in [6.07, 6.45) is 5.20. The Hall–Kier alpha value is -3.07. The molecule has 0 bridgehead atoms. The predicted octanol–water partition coefficient (Wildman–Crippen LogP) is 3.95. The van der Waals surface area contributed by atoms with E-state index in [0.29, 0.717) is 0 Å². The summed E-state index contributed by atoms with van der Waals surface area (Å²) in [5, 5.41) is 8.64. The normalized spacial score (nSPS) is 10.5. The Bertz CT molecular complexity index is 722. The average molecular weight is 285 g/mol. The zero-order chi connectivity index (χ0) is 15.0. The first-order valence-electron chi connectivity index (χ1n) is 7.05. The lowest BCUT2D eigenvalue weighted by Gasteiger charge is -2.04. The van der Waals surface area contributed by atoms with Gasteiger partial charge in [-0.3, -0.25) is 4.98 Å². The van der Waals surface area contributed by atoms with Crippen molar-refractivity contribution in [2.45, 2.75) is 0 Å². The lowest BCUT2D eigenvalue weighted by molar-refractivity contribution is 1.24. The number of benzene rings is 2. The van der Waals surface area contributed by atoms with Crippen LogP contribution in [0.25, 0.3) is 0 Å². The highest BCUT2D eigenvalue weighted by molar-refractivity contribution is 6.12. The summed E-state index contributed by atoms with van der Waals surface area (Å²) < 4.78 is 0. The number of hydrogen-bond acceptors (Lipinski definition) is 3. The van der Waals surface area contributed by atoms with Crippen LogP contribution in [0.5, 0.6) is 0 Å². The molecule has 3 rings (SSSR count). The van der Waals surface area contributed by atoms with E-state index >= 15 is 0 Å². The molecule has 3 heteroatoms. The molecule has 0 spiro atoms.